The second-order valence-electron chi connectivity index (χ2n) is 6.08. The number of aliphatic hydroxyl groups excluding tert-OH is 1. The van der Waals surface area contributed by atoms with E-state index in [2.05, 4.69) is 10.5 Å². The minimum Gasteiger partial charge on any atom is -0.391 e. The highest BCUT2D eigenvalue weighted by atomic mass is 16.5. The molecule has 23 heavy (non-hydrogen) atoms. The molecule has 2 aromatic rings. The van der Waals surface area contributed by atoms with Crippen LogP contribution in [-0.4, -0.2) is 33.4 Å². The van der Waals surface area contributed by atoms with Gasteiger partial charge in [0.15, 0.2) is 5.82 Å². The summed E-state index contributed by atoms with van der Waals surface area (Å²) in [5.74, 6) is 1.35. The SMILES string of the molecule is CCC(C)C(O)CNC(=O)c1cc(C)n(-c2cc(C)on2)c1C. The summed E-state index contributed by atoms with van der Waals surface area (Å²) in [6, 6.07) is 3.65. The van der Waals surface area contributed by atoms with Crippen LogP contribution in [0.3, 0.4) is 0 Å². The first-order chi connectivity index (χ1) is 10.8. The van der Waals surface area contributed by atoms with Crippen LogP contribution in [0.25, 0.3) is 5.82 Å². The van der Waals surface area contributed by atoms with Gasteiger partial charge in [-0.3, -0.25) is 9.36 Å². The fourth-order valence-electron chi connectivity index (χ4n) is 2.57. The van der Waals surface area contributed by atoms with Gasteiger partial charge in [0.05, 0.1) is 11.7 Å². The van der Waals surface area contributed by atoms with Crippen LogP contribution >= 0.6 is 0 Å². The summed E-state index contributed by atoms with van der Waals surface area (Å²) in [7, 11) is 0. The van der Waals surface area contributed by atoms with Gasteiger partial charge in [0.1, 0.15) is 5.76 Å². The Bertz CT molecular complexity index is 687. The summed E-state index contributed by atoms with van der Waals surface area (Å²) in [5.41, 5.74) is 2.29. The van der Waals surface area contributed by atoms with Gasteiger partial charge in [-0.05, 0) is 32.8 Å². The summed E-state index contributed by atoms with van der Waals surface area (Å²) in [5, 5.41) is 16.8. The van der Waals surface area contributed by atoms with E-state index in [1.165, 1.54) is 0 Å². The Hall–Kier alpha value is -2.08. The normalized spacial score (nSPS) is 13.8. The lowest BCUT2D eigenvalue weighted by molar-refractivity contribution is 0.0849. The molecule has 1 amide bonds. The molecule has 0 saturated carbocycles. The van der Waals surface area contributed by atoms with Crippen molar-refractivity contribution in [1.29, 1.82) is 0 Å². The quantitative estimate of drug-likeness (QED) is 0.857. The highest BCUT2D eigenvalue weighted by Crippen LogP contribution is 2.20. The molecule has 2 unspecified atom stereocenters. The van der Waals surface area contributed by atoms with Crippen LogP contribution in [0.1, 0.15) is 47.8 Å². The van der Waals surface area contributed by atoms with Crippen LogP contribution in [0.5, 0.6) is 0 Å². The molecule has 0 saturated heterocycles. The summed E-state index contributed by atoms with van der Waals surface area (Å²) >= 11 is 0. The molecular weight excluding hydrogens is 294 g/mol. The van der Waals surface area contributed by atoms with Crippen molar-refractivity contribution in [2.75, 3.05) is 6.54 Å². The molecule has 2 rings (SSSR count). The van der Waals surface area contributed by atoms with Crippen LogP contribution in [0, 0.1) is 26.7 Å². The average molecular weight is 319 g/mol. The van der Waals surface area contributed by atoms with Crippen LogP contribution in [0.4, 0.5) is 0 Å². The Kier molecular flexibility index (Phi) is 5.26. The third-order valence-corrected chi connectivity index (χ3v) is 4.29. The van der Waals surface area contributed by atoms with Gasteiger partial charge in [0.2, 0.25) is 0 Å². The maximum atomic E-state index is 12.4. The number of aromatic nitrogens is 2. The third-order valence-electron chi connectivity index (χ3n) is 4.29. The third kappa shape index (κ3) is 3.64. The molecule has 0 aromatic carbocycles. The molecule has 0 fully saturated rings. The maximum absolute atomic E-state index is 12.4. The van der Waals surface area contributed by atoms with E-state index in [0.29, 0.717) is 11.4 Å². The molecule has 6 nitrogen and oxygen atoms in total. The van der Waals surface area contributed by atoms with Gasteiger partial charge >= 0.3 is 0 Å². The van der Waals surface area contributed by atoms with E-state index in [9.17, 15) is 9.90 Å². The number of nitrogens with zero attached hydrogens (tertiary/aromatic N) is 2. The minimum atomic E-state index is -0.536. The van der Waals surface area contributed by atoms with Crippen molar-refractivity contribution < 1.29 is 14.4 Å². The fraction of sp³-hybridized carbons (Fsp3) is 0.529. The average Bonchev–Trinajstić information content (AvgIpc) is 3.06. The van der Waals surface area contributed by atoms with Gasteiger partial charge in [0, 0.05) is 24.0 Å². The predicted molar refractivity (Wildman–Crippen MR) is 87.8 cm³/mol. The molecule has 2 N–H and O–H groups in total. The standard InChI is InChI=1S/C17H25N3O3/c1-6-10(2)15(21)9-18-17(22)14-7-11(3)20(13(14)5)16-8-12(4)23-19-16/h7-8,10,15,21H,6,9H2,1-5H3,(H,18,22). The fourth-order valence-corrected chi connectivity index (χ4v) is 2.57. The Labute approximate surface area is 136 Å². The summed E-state index contributed by atoms with van der Waals surface area (Å²) in [4.78, 5) is 12.4. The molecule has 0 aliphatic rings. The number of hydrogen-bond donors (Lipinski definition) is 2. The first-order valence-corrected chi connectivity index (χ1v) is 7.94. The number of amides is 1. The molecule has 0 spiro atoms. The molecular formula is C17H25N3O3. The van der Waals surface area contributed by atoms with E-state index in [4.69, 9.17) is 4.52 Å². The van der Waals surface area contributed by atoms with Gasteiger partial charge in [-0.1, -0.05) is 25.4 Å². The van der Waals surface area contributed by atoms with Gasteiger partial charge < -0.3 is 14.9 Å². The maximum Gasteiger partial charge on any atom is 0.253 e. The topological polar surface area (TPSA) is 80.3 Å². The number of hydrogen-bond acceptors (Lipinski definition) is 4. The molecule has 0 radical (unpaired) electrons. The van der Waals surface area contributed by atoms with Crippen molar-refractivity contribution in [3.05, 3.63) is 34.8 Å². The molecule has 0 aliphatic heterocycles. The second-order valence-corrected chi connectivity index (χ2v) is 6.08. The smallest absolute Gasteiger partial charge is 0.253 e. The predicted octanol–water partition coefficient (Wildman–Crippen LogP) is 2.53. The zero-order valence-electron chi connectivity index (χ0n) is 14.4. The lowest BCUT2D eigenvalue weighted by Gasteiger charge is -2.17. The van der Waals surface area contributed by atoms with Gasteiger partial charge in [-0.2, -0.15) is 0 Å². The van der Waals surface area contributed by atoms with Crippen LogP contribution < -0.4 is 5.32 Å². The zero-order valence-corrected chi connectivity index (χ0v) is 14.4. The van der Waals surface area contributed by atoms with Crippen LogP contribution in [0.15, 0.2) is 16.7 Å². The molecule has 0 aliphatic carbocycles. The number of aryl methyl sites for hydroxylation is 2. The Morgan fingerprint density at radius 2 is 2.09 bits per heavy atom. The van der Waals surface area contributed by atoms with Crippen LogP contribution in [0.2, 0.25) is 0 Å². The Morgan fingerprint density at radius 1 is 1.39 bits per heavy atom. The Morgan fingerprint density at radius 3 is 2.65 bits per heavy atom. The van der Waals surface area contributed by atoms with Crippen molar-refractivity contribution >= 4 is 5.91 Å². The van der Waals surface area contributed by atoms with Crippen molar-refractivity contribution in [1.82, 2.24) is 15.0 Å². The van der Waals surface area contributed by atoms with E-state index >= 15 is 0 Å². The van der Waals surface area contributed by atoms with E-state index < -0.39 is 6.10 Å². The first kappa shape index (κ1) is 17.3. The zero-order chi connectivity index (χ0) is 17.1. The van der Waals surface area contributed by atoms with E-state index in [0.717, 1.165) is 23.6 Å². The first-order valence-electron chi connectivity index (χ1n) is 7.94. The second kappa shape index (κ2) is 7.00. The van der Waals surface area contributed by atoms with Gasteiger partial charge in [-0.15, -0.1) is 0 Å². The number of aliphatic hydroxyl groups is 1. The van der Waals surface area contributed by atoms with E-state index in [1.807, 2.05) is 51.3 Å². The number of nitrogens with one attached hydrogen (secondary N) is 1. The lowest BCUT2D eigenvalue weighted by atomic mass is 10.0. The minimum absolute atomic E-state index is 0.154. The summed E-state index contributed by atoms with van der Waals surface area (Å²) in [6.07, 6.45) is 0.336. The van der Waals surface area contributed by atoms with Crippen molar-refractivity contribution in [2.45, 2.75) is 47.1 Å². The summed E-state index contributed by atoms with van der Waals surface area (Å²) < 4.78 is 7.00. The number of carbonyl (C=O) groups excluding carboxylic acids is 1. The largest absolute Gasteiger partial charge is 0.391 e. The molecule has 2 aromatic heterocycles. The lowest BCUT2D eigenvalue weighted by Crippen LogP contribution is -2.35. The van der Waals surface area contributed by atoms with E-state index in [-0.39, 0.29) is 18.4 Å². The van der Waals surface area contributed by atoms with E-state index in [1.54, 1.807) is 0 Å². The summed E-state index contributed by atoms with van der Waals surface area (Å²) in [6.45, 7) is 9.85. The van der Waals surface area contributed by atoms with Gasteiger partial charge in [0.25, 0.3) is 5.91 Å². The molecule has 6 heteroatoms. The van der Waals surface area contributed by atoms with Crippen molar-refractivity contribution in [3.63, 3.8) is 0 Å². The number of carbonyl (C=O) groups is 1. The highest BCUT2D eigenvalue weighted by Gasteiger charge is 2.20. The van der Waals surface area contributed by atoms with Crippen molar-refractivity contribution in [3.8, 4) is 5.82 Å². The van der Waals surface area contributed by atoms with Crippen LogP contribution in [-0.2, 0) is 0 Å². The molecule has 2 heterocycles. The highest BCUT2D eigenvalue weighted by molar-refractivity contribution is 5.95. The Balaban J connectivity index is 2.16. The molecule has 0 bridgehead atoms. The molecule has 2 atom stereocenters. The van der Waals surface area contributed by atoms with Gasteiger partial charge in [-0.25, -0.2) is 0 Å². The molecule has 126 valence electrons. The van der Waals surface area contributed by atoms with Crippen molar-refractivity contribution in [2.24, 2.45) is 5.92 Å². The monoisotopic (exact) mass is 319 g/mol. The number of rotatable bonds is 6.